The van der Waals surface area contributed by atoms with Gasteiger partial charge in [-0.15, -0.1) is 11.3 Å². The number of fused-ring (bicyclic) bond motifs is 1. The number of halogens is 1. The summed E-state index contributed by atoms with van der Waals surface area (Å²) in [6.45, 7) is 1.94. The number of amides is 1. The van der Waals surface area contributed by atoms with Crippen LogP contribution in [0.4, 0.5) is 0 Å². The van der Waals surface area contributed by atoms with Gasteiger partial charge >= 0.3 is 0 Å². The molecule has 2 aromatic carbocycles. The van der Waals surface area contributed by atoms with Crippen LogP contribution >= 0.6 is 27.3 Å². The molecule has 1 aromatic heterocycles. The number of carbonyl (C=O) groups excluding carboxylic acids is 1. The van der Waals surface area contributed by atoms with Crippen LogP contribution in [0.5, 0.6) is 0 Å². The molecule has 2 N–H and O–H groups in total. The highest BCUT2D eigenvalue weighted by atomic mass is 79.9. The van der Waals surface area contributed by atoms with E-state index in [1.807, 2.05) is 54.6 Å². The molecule has 0 aliphatic carbocycles. The molecule has 130 valence electrons. The highest BCUT2D eigenvalue weighted by Crippen LogP contribution is 2.32. The first-order valence-corrected chi connectivity index (χ1v) is 9.78. The number of thiophene rings is 1. The maximum Gasteiger partial charge on any atom is 0.220 e. The Morgan fingerprint density at radius 3 is 2.68 bits per heavy atom. The normalized spacial score (nSPS) is 13.6. The zero-order valence-electron chi connectivity index (χ0n) is 14.0. The van der Waals surface area contributed by atoms with Gasteiger partial charge in [0.15, 0.2) is 0 Å². The summed E-state index contributed by atoms with van der Waals surface area (Å²) in [5, 5.41) is 14.7. The summed E-state index contributed by atoms with van der Waals surface area (Å²) in [6.07, 6.45) is 1.06. The van der Waals surface area contributed by atoms with E-state index in [9.17, 15) is 9.90 Å². The molecule has 3 aromatic rings. The van der Waals surface area contributed by atoms with Crippen molar-refractivity contribution in [2.45, 2.75) is 25.4 Å². The molecule has 0 fully saturated rings. The van der Waals surface area contributed by atoms with E-state index in [-0.39, 0.29) is 12.5 Å². The fourth-order valence-corrected chi connectivity index (χ4v) is 4.23. The number of carbonyl (C=O) groups is 1. The fourth-order valence-electron chi connectivity index (χ4n) is 2.64. The average molecular weight is 418 g/mol. The Labute approximate surface area is 159 Å². The summed E-state index contributed by atoms with van der Waals surface area (Å²) < 4.78 is 2.15. The van der Waals surface area contributed by atoms with Crippen molar-refractivity contribution in [1.29, 1.82) is 0 Å². The molecule has 0 saturated carbocycles. The molecule has 1 unspecified atom stereocenters. The van der Waals surface area contributed by atoms with Crippen molar-refractivity contribution >= 4 is 43.3 Å². The van der Waals surface area contributed by atoms with Crippen molar-refractivity contribution in [2.24, 2.45) is 0 Å². The molecule has 5 heteroatoms. The number of aryl methyl sites for hydroxylation is 1. The number of hydrogen-bond acceptors (Lipinski definition) is 3. The second-order valence-corrected chi connectivity index (χ2v) is 8.23. The zero-order chi connectivity index (χ0) is 17.9. The molecule has 0 saturated heterocycles. The quantitative estimate of drug-likeness (QED) is 0.614. The van der Waals surface area contributed by atoms with E-state index in [2.05, 4.69) is 21.2 Å². The van der Waals surface area contributed by atoms with Crippen molar-refractivity contribution in [3.05, 3.63) is 69.5 Å². The standard InChI is InChI=1S/C20H20BrNO2S/c1-20(24,18-12-15-7-3-5-9-17(15)25-18)13-22-19(23)11-10-14-6-2-4-8-16(14)21/h2-9,12,24H,10-11,13H2,1H3,(H,22,23). The molecular formula is C20H20BrNO2S. The third kappa shape index (κ3) is 4.48. The number of hydrogen-bond donors (Lipinski definition) is 2. The van der Waals surface area contributed by atoms with Crippen LogP contribution in [0.25, 0.3) is 10.1 Å². The van der Waals surface area contributed by atoms with E-state index < -0.39 is 5.60 Å². The summed E-state index contributed by atoms with van der Waals surface area (Å²) in [4.78, 5) is 13.0. The van der Waals surface area contributed by atoms with Gasteiger partial charge in [-0.05, 0) is 42.5 Å². The molecule has 3 rings (SSSR count). The van der Waals surface area contributed by atoms with E-state index in [1.54, 1.807) is 18.3 Å². The van der Waals surface area contributed by atoms with E-state index >= 15 is 0 Å². The molecule has 0 aliphatic heterocycles. The fraction of sp³-hybridized carbons (Fsp3) is 0.250. The summed E-state index contributed by atoms with van der Waals surface area (Å²) in [5.74, 6) is -0.0582. The van der Waals surface area contributed by atoms with Gasteiger partial charge in [-0.1, -0.05) is 52.3 Å². The number of aliphatic hydroxyl groups is 1. The summed E-state index contributed by atoms with van der Waals surface area (Å²) in [7, 11) is 0. The molecule has 0 spiro atoms. The van der Waals surface area contributed by atoms with Gasteiger partial charge in [0.05, 0.1) is 6.54 Å². The molecule has 3 nitrogen and oxygen atoms in total. The predicted octanol–water partition coefficient (Wildman–Crippen LogP) is 4.62. The monoisotopic (exact) mass is 417 g/mol. The lowest BCUT2D eigenvalue weighted by Gasteiger charge is -2.22. The number of benzene rings is 2. The summed E-state index contributed by atoms with van der Waals surface area (Å²) in [6, 6.07) is 17.9. The third-order valence-electron chi connectivity index (χ3n) is 4.17. The maximum atomic E-state index is 12.1. The number of nitrogens with one attached hydrogen (secondary N) is 1. The molecule has 1 amide bonds. The van der Waals surface area contributed by atoms with E-state index in [0.29, 0.717) is 12.8 Å². The SMILES string of the molecule is CC(O)(CNC(=O)CCc1ccccc1Br)c1cc2ccccc2s1. The van der Waals surface area contributed by atoms with E-state index in [4.69, 9.17) is 0 Å². The Balaban J connectivity index is 1.58. The highest BCUT2D eigenvalue weighted by molar-refractivity contribution is 9.10. The van der Waals surface area contributed by atoms with E-state index in [0.717, 1.165) is 25.0 Å². The lowest BCUT2D eigenvalue weighted by molar-refractivity contribution is -0.122. The minimum Gasteiger partial charge on any atom is -0.383 e. The molecule has 0 aliphatic rings. The summed E-state index contributed by atoms with van der Waals surface area (Å²) in [5.41, 5.74) is 0.0288. The predicted molar refractivity (Wildman–Crippen MR) is 107 cm³/mol. The smallest absolute Gasteiger partial charge is 0.220 e. The van der Waals surface area contributed by atoms with Crippen molar-refractivity contribution < 1.29 is 9.90 Å². The first-order valence-electron chi connectivity index (χ1n) is 8.17. The second-order valence-electron chi connectivity index (χ2n) is 6.29. The third-order valence-corrected chi connectivity index (χ3v) is 6.31. The lowest BCUT2D eigenvalue weighted by atomic mass is 10.0. The van der Waals surface area contributed by atoms with Crippen molar-refractivity contribution in [1.82, 2.24) is 5.32 Å². The zero-order valence-corrected chi connectivity index (χ0v) is 16.4. The first-order chi connectivity index (χ1) is 12.0. The first kappa shape index (κ1) is 18.1. The van der Waals surface area contributed by atoms with Crippen molar-refractivity contribution in [3.63, 3.8) is 0 Å². The van der Waals surface area contributed by atoms with Crippen molar-refractivity contribution in [3.8, 4) is 0 Å². The van der Waals surface area contributed by atoms with Gasteiger partial charge in [-0.3, -0.25) is 4.79 Å². The van der Waals surface area contributed by atoms with Crippen LogP contribution in [0.3, 0.4) is 0 Å². The number of rotatable bonds is 6. The van der Waals surface area contributed by atoms with Gasteiger partial charge in [0.2, 0.25) is 5.91 Å². The Morgan fingerprint density at radius 1 is 1.20 bits per heavy atom. The molecule has 1 atom stereocenters. The molecule has 25 heavy (non-hydrogen) atoms. The Bertz CT molecular complexity index is 855. The van der Waals surface area contributed by atoms with Gasteiger partial charge in [0.1, 0.15) is 5.60 Å². The topological polar surface area (TPSA) is 49.3 Å². The van der Waals surface area contributed by atoms with Crippen LogP contribution in [0.1, 0.15) is 23.8 Å². The highest BCUT2D eigenvalue weighted by Gasteiger charge is 2.26. The van der Waals surface area contributed by atoms with Crippen LogP contribution < -0.4 is 5.32 Å². The van der Waals surface area contributed by atoms with Crippen LogP contribution in [0.15, 0.2) is 59.1 Å². The minimum atomic E-state index is -1.08. The van der Waals surface area contributed by atoms with Gasteiger partial charge in [-0.2, -0.15) is 0 Å². The van der Waals surface area contributed by atoms with Gasteiger partial charge in [0.25, 0.3) is 0 Å². The van der Waals surface area contributed by atoms with Crippen LogP contribution in [-0.2, 0) is 16.8 Å². The van der Waals surface area contributed by atoms with Gasteiger partial charge in [-0.25, -0.2) is 0 Å². The minimum absolute atomic E-state index is 0.0582. The van der Waals surface area contributed by atoms with Crippen LogP contribution in [0.2, 0.25) is 0 Å². The Kier molecular flexibility index (Phi) is 5.57. The van der Waals surface area contributed by atoms with Crippen LogP contribution in [0, 0.1) is 0 Å². The largest absolute Gasteiger partial charge is 0.383 e. The summed E-state index contributed by atoms with van der Waals surface area (Å²) >= 11 is 5.05. The maximum absolute atomic E-state index is 12.1. The Morgan fingerprint density at radius 2 is 1.92 bits per heavy atom. The second kappa shape index (κ2) is 7.68. The van der Waals surface area contributed by atoms with Gasteiger partial charge in [0, 0.05) is 20.5 Å². The molecule has 1 heterocycles. The molecular weight excluding hydrogens is 398 g/mol. The average Bonchev–Trinajstić information content (AvgIpc) is 3.04. The molecule has 0 bridgehead atoms. The van der Waals surface area contributed by atoms with Crippen LogP contribution in [-0.4, -0.2) is 17.6 Å². The van der Waals surface area contributed by atoms with Gasteiger partial charge < -0.3 is 10.4 Å². The van der Waals surface area contributed by atoms with E-state index in [1.165, 1.54) is 0 Å². The lowest BCUT2D eigenvalue weighted by Crippen LogP contribution is -2.38. The molecule has 0 radical (unpaired) electrons. The Hall–Kier alpha value is -1.69. The van der Waals surface area contributed by atoms with Crippen molar-refractivity contribution in [2.75, 3.05) is 6.54 Å².